The molecular formula is C18H25FN2O2. The maximum atomic E-state index is 13.3. The standard InChI is InChI=1S/C18H25FN2O2/c1-23-18(11-20)9-14(10-18)17(22)21-16-6-5-13(8-16)12-3-2-4-15(19)7-12/h2-4,7,13-14,16H,5-6,8-11,20H2,1H3,(H,21,22). The quantitative estimate of drug-likeness (QED) is 0.875. The summed E-state index contributed by atoms with van der Waals surface area (Å²) in [6.07, 6.45) is 4.22. The second-order valence-electron chi connectivity index (χ2n) is 6.97. The van der Waals surface area contributed by atoms with Crippen molar-refractivity contribution in [3.63, 3.8) is 0 Å². The first-order valence-electron chi connectivity index (χ1n) is 8.36. The van der Waals surface area contributed by atoms with Gasteiger partial charge in [0.05, 0.1) is 5.60 Å². The molecular weight excluding hydrogens is 295 g/mol. The Hall–Kier alpha value is -1.46. The Morgan fingerprint density at radius 1 is 1.43 bits per heavy atom. The number of methoxy groups -OCH3 is 1. The first-order chi connectivity index (χ1) is 11.0. The van der Waals surface area contributed by atoms with Crippen molar-refractivity contribution in [2.75, 3.05) is 13.7 Å². The largest absolute Gasteiger partial charge is 0.377 e. The molecule has 0 heterocycles. The molecule has 23 heavy (non-hydrogen) atoms. The van der Waals surface area contributed by atoms with Gasteiger partial charge in [-0.3, -0.25) is 4.79 Å². The van der Waals surface area contributed by atoms with Gasteiger partial charge in [0, 0.05) is 25.6 Å². The van der Waals surface area contributed by atoms with Crippen LogP contribution in [0.25, 0.3) is 0 Å². The van der Waals surface area contributed by atoms with E-state index >= 15 is 0 Å². The SMILES string of the molecule is COC1(CN)CC(C(=O)NC2CCC(c3cccc(F)c3)C2)C1. The summed E-state index contributed by atoms with van der Waals surface area (Å²) in [4.78, 5) is 12.3. The van der Waals surface area contributed by atoms with Gasteiger partial charge in [0.25, 0.3) is 0 Å². The summed E-state index contributed by atoms with van der Waals surface area (Å²) in [5.41, 5.74) is 6.44. The predicted molar refractivity (Wildman–Crippen MR) is 86.4 cm³/mol. The van der Waals surface area contributed by atoms with Gasteiger partial charge in [-0.2, -0.15) is 0 Å². The van der Waals surface area contributed by atoms with E-state index in [1.165, 1.54) is 6.07 Å². The fraction of sp³-hybridized carbons (Fsp3) is 0.611. The average Bonchev–Trinajstić information content (AvgIpc) is 2.96. The predicted octanol–water partition coefficient (Wildman–Crippen LogP) is 2.33. The minimum atomic E-state index is -0.304. The van der Waals surface area contributed by atoms with E-state index in [-0.39, 0.29) is 29.3 Å². The van der Waals surface area contributed by atoms with E-state index in [1.54, 1.807) is 19.2 Å². The fourth-order valence-corrected chi connectivity index (χ4v) is 3.94. The second kappa shape index (κ2) is 6.57. The zero-order valence-electron chi connectivity index (χ0n) is 13.6. The Morgan fingerprint density at radius 3 is 2.87 bits per heavy atom. The molecule has 2 fully saturated rings. The van der Waals surface area contributed by atoms with Gasteiger partial charge >= 0.3 is 0 Å². The molecule has 0 spiro atoms. The third kappa shape index (κ3) is 3.40. The number of carbonyl (C=O) groups excluding carboxylic acids is 1. The van der Waals surface area contributed by atoms with Gasteiger partial charge in [0.15, 0.2) is 0 Å². The van der Waals surface area contributed by atoms with Crippen molar-refractivity contribution in [2.45, 2.75) is 49.7 Å². The summed E-state index contributed by atoms with van der Waals surface area (Å²) in [7, 11) is 1.65. The molecule has 126 valence electrons. The van der Waals surface area contributed by atoms with E-state index in [0.29, 0.717) is 25.3 Å². The van der Waals surface area contributed by atoms with Crippen LogP contribution in [0.15, 0.2) is 24.3 Å². The summed E-state index contributed by atoms with van der Waals surface area (Å²) < 4.78 is 18.8. The van der Waals surface area contributed by atoms with Crippen LogP contribution in [0.2, 0.25) is 0 Å². The van der Waals surface area contributed by atoms with Gasteiger partial charge in [0.1, 0.15) is 5.82 Å². The van der Waals surface area contributed by atoms with Crippen LogP contribution in [0.4, 0.5) is 4.39 Å². The third-order valence-electron chi connectivity index (χ3n) is 5.51. The summed E-state index contributed by atoms with van der Waals surface area (Å²) in [6, 6.07) is 6.98. The summed E-state index contributed by atoms with van der Waals surface area (Å²) in [5, 5.41) is 3.15. The highest BCUT2D eigenvalue weighted by Crippen LogP contribution is 2.40. The van der Waals surface area contributed by atoms with Crippen LogP contribution >= 0.6 is 0 Å². The lowest BCUT2D eigenvalue weighted by Crippen LogP contribution is -2.56. The Bertz CT molecular complexity index is 566. The smallest absolute Gasteiger partial charge is 0.223 e. The van der Waals surface area contributed by atoms with Crippen LogP contribution in [0.1, 0.15) is 43.6 Å². The third-order valence-corrected chi connectivity index (χ3v) is 5.51. The number of ether oxygens (including phenoxy) is 1. The van der Waals surface area contributed by atoms with Crippen LogP contribution in [0.5, 0.6) is 0 Å². The number of hydrogen-bond donors (Lipinski definition) is 2. The molecule has 2 aliphatic carbocycles. The normalized spacial score (nSPS) is 33.3. The number of amides is 1. The molecule has 2 unspecified atom stereocenters. The average molecular weight is 320 g/mol. The molecule has 5 heteroatoms. The number of nitrogens with one attached hydrogen (secondary N) is 1. The molecule has 1 aromatic rings. The lowest BCUT2D eigenvalue weighted by molar-refractivity contribution is -0.145. The molecule has 3 N–H and O–H groups in total. The monoisotopic (exact) mass is 320 g/mol. The molecule has 0 bridgehead atoms. The van der Waals surface area contributed by atoms with Gasteiger partial charge in [-0.15, -0.1) is 0 Å². The van der Waals surface area contributed by atoms with Gasteiger partial charge < -0.3 is 15.8 Å². The number of rotatable bonds is 5. The molecule has 0 aromatic heterocycles. The van der Waals surface area contributed by atoms with Gasteiger partial charge in [-0.1, -0.05) is 12.1 Å². The summed E-state index contributed by atoms with van der Waals surface area (Å²) in [5.74, 6) is 0.254. The molecule has 3 rings (SSSR count). The van der Waals surface area contributed by atoms with E-state index in [1.807, 2.05) is 6.07 Å². The van der Waals surface area contributed by atoms with Gasteiger partial charge in [-0.05, 0) is 55.7 Å². The number of halogens is 1. The molecule has 2 aliphatic rings. The molecule has 2 atom stereocenters. The highest BCUT2D eigenvalue weighted by Gasteiger charge is 2.47. The van der Waals surface area contributed by atoms with Crippen molar-refractivity contribution >= 4 is 5.91 Å². The fourth-order valence-electron chi connectivity index (χ4n) is 3.94. The molecule has 1 amide bonds. The lowest BCUT2D eigenvalue weighted by atomic mass is 9.70. The van der Waals surface area contributed by atoms with Crippen molar-refractivity contribution < 1.29 is 13.9 Å². The topological polar surface area (TPSA) is 64.3 Å². The molecule has 0 aliphatic heterocycles. The zero-order chi connectivity index (χ0) is 16.4. The lowest BCUT2D eigenvalue weighted by Gasteiger charge is -2.45. The second-order valence-corrected chi connectivity index (χ2v) is 6.97. The van der Waals surface area contributed by atoms with Crippen LogP contribution in [0.3, 0.4) is 0 Å². The van der Waals surface area contributed by atoms with Crippen molar-refractivity contribution in [1.29, 1.82) is 0 Å². The van der Waals surface area contributed by atoms with Crippen LogP contribution < -0.4 is 11.1 Å². The number of hydrogen-bond acceptors (Lipinski definition) is 3. The molecule has 4 nitrogen and oxygen atoms in total. The minimum Gasteiger partial charge on any atom is -0.377 e. The van der Waals surface area contributed by atoms with Gasteiger partial charge in [-0.25, -0.2) is 4.39 Å². The van der Waals surface area contributed by atoms with Crippen molar-refractivity contribution in [3.8, 4) is 0 Å². The maximum absolute atomic E-state index is 13.3. The Labute approximate surface area is 136 Å². The van der Waals surface area contributed by atoms with Crippen molar-refractivity contribution in [2.24, 2.45) is 11.7 Å². The summed E-state index contributed by atoms with van der Waals surface area (Å²) in [6.45, 7) is 0.457. The Balaban J connectivity index is 1.50. The minimum absolute atomic E-state index is 0.00622. The highest BCUT2D eigenvalue weighted by molar-refractivity contribution is 5.80. The van der Waals surface area contributed by atoms with Crippen LogP contribution in [-0.2, 0) is 9.53 Å². The zero-order valence-corrected chi connectivity index (χ0v) is 13.6. The van der Waals surface area contributed by atoms with E-state index in [9.17, 15) is 9.18 Å². The van der Waals surface area contributed by atoms with E-state index < -0.39 is 0 Å². The first-order valence-corrected chi connectivity index (χ1v) is 8.36. The number of nitrogens with two attached hydrogens (primary N) is 1. The van der Waals surface area contributed by atoms with Crippen LogP contribution in [-0.4, -0.2) is 31.2 Å². The molecule has 0 radical (unpaired) electrons. The molecule has 1 aromatic carbocycles. The van der Waals surface area contributed by atoms with Crippen LogP contribution in [0, 0.1) is 11.7 Å². The number of carbonyl (C=O) groups is 1. The first kappa shape index (κ1) is 16.4. The highest BCUT2D eigenvalue weighted by atomic mass is 19.1. The Kier molecular flexibility index (Phi) is 4.69. The Morgan fingerprint density at radius 2 is 2.22 bits per heavy atom. The molecule has 0 saturated heterocycles. The van der Waals surface area contributed by atoms with E-state index in [0.717, 1.165) is 24.8 Å². The molecule has 2 saturated carbocycles. The summed E-state index contributed by atoms with van der Waals surface area (Å²) >= 11 is 0. The van der Waals surface area contributed by atoms with E-state index in [2.05, 4.69) is 5.32 Å². The van der Waals surface area contributed by atoms with Crippen molar-refractivity contribution in [1.82, 2.24) is 5.32 Å². The van der Waals surface area contributed by atoms with E-state index in [4.69, 9.17) is 10.5 Å². The maximum Gasteiger partial charge on any atom is 0.223 e. The van der Waals surface area contributed by atoms with Gasteiger partial charge in [0.2, 0.25) is 5.91 Å². The number of benzene rings is 1. The van der Waals surface area contributed by atoms with Crippen molar-refractivity contribution in [3.05, 3.63) is 35.6 Å².